The first-order valence-corrected chi connectivity index (χ1v) is 10.6. The number of thiazole rings is 1. The third-order valence-corrected chi connectivity index (χ3v) is 6.05. The number of nitrogens with zero attached hydrogens (tertiary/aromatic N) is 2. The van der Waals surface area contributed by atoms with E-state index >= 15 is 0 Å². The summed E-state index contributed by atoms with van der Waals surface area (Å²) in [6.07, 6.45) is 0.152. The Hall–Kier alpha value is -2.25. The van der Waals surface area contributed by atoms with Crippen molar-refractivity contribution < 1.29 is 9.59 Å². The zero-order valence-electron chi connectivity index (χ0n) is 16.7. The summed E-state index contributed by atoms with van der Waals surface area (Å²) in [6.45, 7) is 8.67. The van der Waals surface area contributed by atoms with Gasteiger partial charge in [0.1, 0.15) is 0 Å². The van der Waals surface area contributed by atoms with Crippen molar-refractivity contribution in [1.29, 1.82) is 0 Å². The third-order valence-electron chi connectivity index (χ3n) is 4.86. The van der Waals surface area contributed by atoms with Crippen LogP contribution in [0.25, 0.3) is 0 Å². The Bertz CT molecular complexity index is 816. The summed E-state index contributed by atoms with van der Waals surface area (Å²) >= 11 is 1.61. The van der Waals surface area contributed by atoms with Crippen molar-refractivity contribution in [3.8, 4) is 0 Å². The first kappa shape index (κ1) is 20.5. The second-order valence-corrected chi connectivity index (χ2v) is 8.47. The van der Waals surface area contributed by atoms with Crippen LogP contribution in [0.3, 0.4) is 0 Å². The van der Waals surface area contributed by atoms with Crippen LogP contribution in [0.4, 0.5) is 0 Å². The summed E-state index contributed by atoms with van der Waals surface area (Å²) < 4.78 is 0. The maximum absolute atomic E-state index is 12.5. The molecular formula is C21H28N4O2S. The number of piperazine rings is 1. The van der Waals surface area contributed by atoms with Crippen molar-refractivity contribution >= 4 is 23.2 Å². The highest BCUT2D eigenvalue weighted by atomic mass is 32.1. The van der Waals surface area contributed by atoms with E-state index in [0.717, 1.165) is 22.8 Å². The molecule has 0 spiro atoms. The molecule has 6 nitrogen and oxygen atoms in total. The van der Waals surface area contributed by atoms with E-state index in [1.54, 1.807) is 11.3 Å². The van der Waals surface area contributed by atoms with Crippen molar-refractivity contribution in [3.63, 3.8) is 0 Å². The SMILES string of the molecule is Cc1ccc(CN2CCNC(=O)[C@@H]2CC(=O)NCc2csc(C(C)C)n2)cc1. The predicted octanol–water partition coefficient (Wildman–Crippen LogP) is 2.58. The Morgan fingerprint density at radius 2 is 2.11 bits per heavy atom. The number of nitrogens with one attached hydrogen (secondary N) is 2. The van der Waals surface area contributed by atoms with Crippen molar-refractivity contribution in [2.24, 2.45) is 0 Å². The highest BCUT2D eigenvalue weighted by Crippen LogP contribution is 2.19. The Balaban J connectivity index is 1.57. The fourth-order valence-corrected chi connectivity index (χ4v) is 4.04. The fourth-order valence-electron chi connectivity index (χ4n) is 3.21. The largest absolute Gasteiger partial charge is 0.353 e. The van der Waals surface area contributed by atoms with E-state index in [0.29, 0.717) is 25.6 Å². The molecule has 1 aromatic carbocycles. The minimum atomic E-state index is -0.447. The van der Waals surface area contributed by atoms with Crippen LogP contribution in [0.1, 0.15) is 48.0 Å². The fraction of sp³-hybridized carbons (Fsp3) is 0.476. The van der Waals surface area contributed by atoms with E-state index < -0.39 is 6.04 Å². The Morgan fingerprint density at radius 3 is 2.79 bits per heavy atom. The summed E-state index contributed by atoms with van der Waals surface area (Å²) in [5, 5.41) is 8.84. The number of aryl methyl sites for hydroxylation is 1. The van der Waals surface area contributed by atoms with Gasteiger partial charge in [-0.15, -0.1) is 11.3 Å². The molecule has 7 heteroatoms. The van der Waals surface area contributed by atoms with Crippen molar-refractivity contribution in [2.45, 2.75) is 52.2 Å². The Labute approximate surface area is 170 Å². The highest BCUT2D eigenvalue weighted by molar-refractivity contribution is 7.09. The van der Waals surface area contributed by atoms with Crippen LogP contribution in [0.15, 0.2) is 29.6 Å². The average molecular weight is 401 g/mol. The van der Waals surface area contributed by atoms with Crippen molar-refractivity contribution in [3.05, 3.63) is 51.5 Å². The molecule has 1 atom stereocenters. The molecule has 0 unspecified atom stereocenters. The number of benzene rings is 1. The van der Waals surface area contributed by atoms with Gasteiger partial charge in [-0.05, 0) is 12.5 Å². The number of aromatic nitrogens is 1. The molecule has 2 amide bonds. The molecule has 2 aromatic rings. The molecular weight excluding hydrogens is 372 g/mol. The van der Waals surface area contributed by atoms with Crippen molar-refractivity contribution in [1.82, 2.24) is 20.5 Å². The van der Waals surface area contributed by atoms with Crippen LogP contribution in [0, 0.1) is 6.92 Å². The molecule has 1 fully saturated rings. The van der Waals surface area contributed by atoms with E-state index in [1.807, 2.05) is 5.38 Å². The van der Waals surface area contributed by atoms with Gasteiger partial charge in [-0.3, -0.25) is 14.5 Å². The Kier molecular flexibility index (Phi) is 6.80. The molecule has 0 aliphatic carbocycles. The van der Waals surface area contributed by atoms with Gasteiger partial charge in [-0.25, -0.2) is 4.98 Å². The number of hydrogen-bond donors (Lipinski definition) is 2. The van der Waals surface area contributed by atoms with Gasteiger partial charge in [-0.1, -0.05) is 43.7 Å². The number of rotatable bonds is 7. The Morgan fingerprint density at radius 1 is 1.36 bits per heavy atom. The van der Waals surface area contributed by atoms with Gasteiger partial charge in [0.15, 0.2) is 0 Å². The van der Waals surface area contributed by atoms with E-state index in [-0.39, 0.29) is 18.2 Å². The number of carbonyl (C=O) groups excluding carboxylic acids is 2. The number of amides is 2. The molecule has 1 aliphatic rings. The quantitative estimate of drug-likeness (QED) is 0.749. The molecule has 2 heterocycles. The lowest BCUT2D eigenvalue weighted by molar-refractivity contribution is -0.134. The lowest BCUT2D eigenvalue weighted by atomic mass is 10.1. The van der Waals surface area contributed by atoms with Crippen LogP contribution >= 0.6 is 11.3 Å². The summed E-state index contributed by atoms with van der Waals surface area (Å²) in [7, 11) is 0. The normalized spacial score (nSPS) is 17.6. The molecule has 1 saturated heterocycles. The first-order valence-electron chi connectivity index (χ1n) is 9.70. The van der Waals surface area contributed by atoms with E-state index in [4.69, 9.17) is 0 Å². The molecule has 1 aliphatic heterocycles. The standard InChI is InChI=1S/C21H28N4O2S/c1-14(2)21-24-17(13-28-21)11-23-19(26)10-18-20(27)22-8-9-25(18)12-16-6-4-15(3)5-7-16/h4-7,13-14,18H,8-12H2,1-3H3,(H,22,27)(H,23,26)/t18-/m0/s1. The summed E-state index contributed by atoms with van der Waals surface area (Å²) in [5.41, 5.74) is 3.22. The van der Waals surface area contributed by atoms with Gasteiger partial charge in [-0.2, -0.15) is 0 Å². The van der Waals surface area contributed by atoms with Crippen molar-refractivity contribution in [2.75, 3.05) is 13.1 Å². The van der Waals surface area contributed by atoms with E-state index in [2.05, 4.69) is 65.6 Å². The molecule has 0 bridgehead atoms. The predicted molar refractivity (Wildman–Crippen MR) is 111 cm³/mol. The second-order valence-electron chi connectivity index (χ2n) is 7.58. The molecule has 1 aromatic heterocycles. The molecule has 28 heavy (non-hydrogen) atoms. The zero-order valence-corrected chi connectivity index (χ0v) is 17.5. The topological polar surface area (TPSA) is 74.3 Å². The van der Waals surface area contributed by atoms with Gasteiger partial charge in [0, 0.05) is 30.9 Å². The van der Waals surface area contributed by atoms with E-state index in [1.165, 1.54) is 5.56 Å². The van der Waals surface area contributed by atoms with Crippen LogP contribution in [0.5, 0.6) is 0 Å². The van der Waals surface area contributed by atoms with Gasteiger partial charge < -0.3 is 10.6 Å². The third kappa shape index (κ3) is 5.39. The summed E-state index contributed by atoms with van der Waals surface area (Å²) in [5.74, 6) is 0.176. The minimum Gasteiger partial charge on any atom is -0.353 e. The minimum absolute atomic E-state index is 0.0794. The lowest BCUT2D eigenvalue weighted by Gasteiger charge is -2.34. The summed E-state index contributed by atoms with van der Waals surface area (Å²) in [6, 6.07) is 7.85. The smallest absolute Gasteiger partial charge is 0.237 e. The molecule has 0 saturated carbocycles. The van der Waals surface area contributed by atoms with Gasteiger partial charge >= 0.3 is 0 Å². The molecule has 150 valence electrons. The number of hydrogen-bond acceptors (Lipinski definition) is 5. The van der Waals surface area contributed by atoms with Crippen LogP contribution in [0.2, 0.25) is 0 Å². The van der Waals surface area contributed by atoms with Gasteiger partial charge in [0.25, 0.3) is 0 Å². The monoisotopic (exact) mass is 400 g/mol. The van der Waals surface area contributed by atoms with Gasteiger partial charge in [0.05, 0.1) is 29.7 Å². The lowest BCUT2D eigenvalue weighted by Crippen LogP contribution is -2.56. The van der Waals surface area contributed by atoms with E-state index in [9.17, 15) is 9.59 Å². The number of carbonyl (C=O) groups is 2. The summed E-state index contributed by atoms with van der Waals surface area (Å²) in [4.78, 5) is 31.5. The van der Waals surface area contributed by atoms with Crippen LogP contribution in [-0.2, 0) is 22.7 Å². The zero-order chi connectivity index (χ0) is 20.1. The van der Waals surface area contributed by atoms with Crippen LogP contribution < -0.4 is 10.6 Å². The average Bonchev–Trinajstić information content (AvgIpc) is 3.14. The second kappa shape index (κ2) is 9.30. The maximum atomic E-state index is 12.5. The van der Waals surface area contributed by atoms with Gasteiger partial charge in [0.2, 0.25) is 11.8 Å². The molecule has 0 radical (unpaired) electrons. The molecule has 2 N–H and O–H groups in total. The highest BCUT2D eigenvalue weighted by Gasteiger charge is 2.31. The van der Waals surface area contributed by atoms with Crippen LogP contribution in [-0.4, -0.2) is 40.8 Å². The maximum Gasteiger partial charge on any atom is 0.237 e. The first-order chi connectivity index (χ1) is 13.4. The molecule has 3 rings (SSSR count).